The second-order valence-electron chi connectivity index (χ2n) is 11.3. The van der Waals surface area contributed by atoms with Crippen LogP contribution in [0.15, 0.2) is 29.7 Å². The number of H-pyrrole nitrogens is 1. The number of carbonyl (C=O) groups excluding carboxylic acids is 1. The van der Waals surface area contributed by atoms with E-state index in [4.69, 9.17) is 22.8 Å². The lowest BCUT2D eigenvalue weighted by atomic mass is 10.1. The number of nitrogens with one attached hydrogen (secondary N) is 3. The predicted molar refractivity (Wildman–Crippen MR) is 161 cm³/mol. The van der Waals surface area contributed by atoms with Crippen molar-refractivity contribution < 1.29 is 50.4 Å². The summed E-state index contributed by atoms with van der Waals surface area (Å²) < 4.78 is 86.2. The lowest BCUT2D eigenvalue weighted by Gasteiger charge is -2.26. The number of hydrogen-bond donors (Lipinski definition) is 5. The number of fused-ring (bicyclic) bond motifs is 4. The van der Waals surface area contributed by atoms with Crippen molar-refractivity contribution in [3.8, 4) is 0 Å². The van der Waals surface area contributed by atoms with Crippen molar-refractivity contribution >= 4 is 55.7 Å². The zero-order valence-corrected chi connectivity index (χ0v) is 27.3. The molecule has 2 saturated heterocycles. The van der Waals surface area contributed by atoms with E-state index in [-0.39, 0.29) is 29.4 Å². The Bertz CT molecular complexity index is 1790. The molecule has 3 aromatic heterocycles. The van der Waals surface area contributed by atoms with Crippen LogP contribution in [0.1, 0.15) is 26.5 Å². The number of imidazole rings is 1. The highest BCUT2D eigenvalue weighted by molar-refractivity contribution is 8.44. The minimum absolute atomic E-state index is 0.0376. The fourth-order valence-electron chi connectivity index (χ4n) is 5.42. The van der Waals surface area contributed by atoms with Crippen molar-refractivity contribution in [1.82, 2.24) is 29.5 Å². The monoisotopic (exact) mass is 722 g/mol. The normalized spacial score (nSPS) is 36.3. The van der Waals surface area contributed by atoms with E-state index in [1.165, 1.54) is 18.6 Å². The molecule has 256 valence electrons. The number of halogens is 2. The summed E-state index contributed by atoms with van der Waals surface area (Å²) in [7, 11) is -5.12. The van der Waals surface area contributed by atoms with Crippen LogP contribution in [-0.2, 0) is 36.8 Å². The van der Waals surface area contributed by atoms with Gasteiger partial charge in [-0.3, -0.25) is 42.6 Å². The Labute approximate surface area is 269 Å². The van der Waals surface area contributed by atoms with Gasteiger partial charge in [0, 0.05) is 18.0 Å². The van der Waals surface area contributed by atoms with E-state index in [9.17, 15) is 23.6 Å². The van der Waals surface area contributed by atoms with E-state index >= 15 is 8.78 Å². The number of phosphoric ester groups is 1. The second-order valence-corrected chi connectivity index (χ2v) is 15.6. The summed E-state index contributed by atoms with van der Waals surface area (Å²) >= 11 is 3.96. The van der Waals surface area contributed by atoms with Crippen molar-refractivity contribution in [1.29, 1.82) is 0 Å². The van der Waals surface area contributed by atoms with Crippen LogP contribution in [0.25, 0.3) is 11.2 Å². The SMILES string of the molecule is CC(C)C(=O)Nc1nc2c(ncn2[C@@H]2O[C@@H]3COP(=O)(S)O[C@@H]4[C@@H](COP(=O)(O)O[C@@H]2[C@@H]3F)C[C@@H](Nc2ccncn2)[C@@H]4F)c(=O)[nH]1. The fraction of sp³-hybridized carbons (Fsp3) is 0.583. The topological polar surface area (TPSA) is 231 Å². The molecule has 3 fully saturated rings. The maximum Gasteiger partial charge on any atom is 0.472 e. The summed E-state index contributed by atoms with van der Waals surface area (Å²) in [5.41, 5.74) is -1.17. The molecule has 4 N–H and O–H groups in total. The number of nitrogens with zero attached hydrogens (tertiary/aromatic N) is 5. The Morgan fingerprint density at radius 3 is 2.68 bits per heavy atom. The molecule has 10 atom stereocenters. The Morgan fingerprint density at radius 2 is 1.96 bits per heavy atom. The van der Waals surface area contributed by atoms with Crippen LogP contribution in [0.5, 0.6) is 0 Å². The van der Waals surface area contributed by atoms with E-state index in [2.05, 4.69) is 47.8 Å². The number of thiol groups is 1. The van der Waals surface area contributed by atoms with E-state index < -0.39 is 94.1 Å². The third kappa shape index (κ3) is 7.28. The van der Waals surface area contributed by atoms with Crippen molar-refractivity contribution in [2.45, 2.75) is 63.2 Å². The first-order valence-electron chi connectivity index (χ1n) is 14.3. The molecule has 47 heavy (non-hydrogen) atoms. The number of ether oxygens (including phenoxy) is 1. The third-order valence-corrected chi connectivity index (χ3v) is 10.3. The standard InChI is InChI=1S/C24H30F2N8O10P2S/c1-10(2)21(35)32-24-31-20-17(22(36)33-24)29-9-34(20)23-19-16(26)13(42-23)7-41-46(39,47)44-18-11(6-40-45(37,38)43-19)5-12(15(18)25)30-14-3-4-27-8-28-14/h3-4,8-13,15-16,18-19,23H,5-7H2,1-2H3,(H,37,38)(H,39,47)(H,27,28,30)(H2,31,32,33,35,36)/t11-,12-,13-,15+,16-,18-,19-,23-,46?/m1/s1. The van der Waals surface area contributed by atoms with E-state index in [0.717, 1.165) is 10.9 Å². The fourth-order valence-corrected chi connectivity index (χ4v) is 7.90. The molecule has 1 aliphatic carbocycles. The van der Waals surface area contributed by atoms with Crippen LogP contribution in [0.2, 0.25) is 0 Å². The Hall–Kier alpha value is -2.87. The maximum atomic E-state index is 15.9. The van der Waals surface area contributed by atoms with Gasteiger partial charge in [0.15, 0.2) is 23.6 Å². The summed E-state index contributed by atoms with van der Waals surface area (Å²) in [6.45, 7) is -2.58. The molecule has 23 heteroatoms. The highest BCUT2D eigenvalue weighted by atomic mass is 32.7. The third-order valence-electron chi connectivity index (χ3n) is 7.74. The van der Waals surface area contributed by atoms with Crippen molar-refractivity contribution in [3.63, 3.8) is 0 Å². The van der Waals surface area contributed by atoms with Gasteiger partial charge in [0.2, 0.25) is 11.9 Å². The van der Waals surface area contributed by atoms with Gasteiger partial charge < -0.3 is 14.9 Å². The first kappa shape index (κ1) is 34.0. The molecule has 2 unspecified atom stereocenters. The minimum atomic E-state index is -5.12. The van der Waals surface area contributed by atoms with Gasteiger partial charge in [0.05, 0.1) is 25.6 Å². The summed E-state index contributed by atoms with van der Waals surface area (Å²) in [4.78, 5) is 54.0. The van der Waals surface area contributed by atoms with Gasteiger partial charge in [-0.05, 0) is 12.5 Å². The van der Waals surface area contributed by atoms with Gasteiger partial charge in [0.1, 0.15) is 36.6 Å². The van der Waals surface area contributed by atoms with Gasteiger partial charge in [-0.1, -0.05) is 26.1 Å². The Morgan fingerprint density at radius 1 is 1.17 bits per heavy atom. The number of alkyl halides is 2. The quantitative estimate of drug-likeness (QED) is 0.188. The molecule has 3 aromatic rings. The molecule has 0 aromatic carbocycles. The van der Waals surface area contributed by atoms with Crippen LogP contribution in [0, 0.1) is 11.8 Å². The molecule has 0 spiro atoms. The van der Waals surface area contributed by atoms with Crippen molar-refractivity contribution in [2.24, 2.45) is 11.8 Å². The van der Waals surface area contributed by atoms with Crippen LogP contribution in [0.4, 0.5) is 20.5 Å². The van der Waals surface area contributed by atoms with Gasteiger partial charge in [-0.15, -0.1) is 0 Å². The number of phosphoric acid groups is 1. The molecular formula is C24H30F2N8O10P2S. The number of hydrogen-bond acceptors (Lipinski definition) is 14. The van der Waals surface area contributed by atoms with Gasteiger partial charge in [-0.25, -0.2) is 32.9 Å². The molecule has 2 aliphatic heterocycles. The van der Waals surface area contributed by atoms with Crippen LogP contribution < -0.4 is 16.2 Å². The zero-order chi connectivity index (χ0) is 33.7. The predicted octanol–water partition coefficient (Wildman–Crippen LogP) is 2.53. The highest BCUT2D eigenvalue weighted by Crippen LogP contribution is 2.58. The summed E-state index contributed by atoms with van der Waals surface area (Å²) in [5, 5.41) is 5.32. The first-order chi connectivity index (χ1) is 22.2. The lowest BCUT2D eigenvalue weighted by molar-refractivity contribution is -0.118. The summed E-state index contributed by atoms with van der Waals surface area (Å²) in [5.74, 6) is -1.85. The molecule has 18 nitrogen and oxygen atoms in total. The summed E-state index contributed by atoms with van der Waals surface area (Å²) in [6, 6.07) is 0.543. The molecule has 5 heterocycles. The van der Waals surface area contributed by atoms with Crippen LogP contribution >= 0.6 is 26.9 Å². The Balaban J connectivity index is 1.29. The molecule has 0 radical (unpaired) electrons. The molecule has 2 bridgehead atoms. The van der Waals surface area contributed by atoms with E-state index in [1.54, 1.807) is 13.8 Å². The number of aromatic nitrogens is 6. The van der Waals surface area contributed by atoms with Gasteiger partial charge in [0.25, 0.3) is 5.56 Å². The zero-order valence-electron chi connectivity index (χ0n) is 24.6. The molecule has 6 rings (SSSR count). The number of carbonyl (C=O) groups is 1. The lowest BCUT2D eigenvalue weighted by Crippen LogP contribution is -2.34. The van der Waals surface area contributed by atoms with Crippen LogP contribution in [0.3, 0.4) is 0 Å². The second kappa shape index (κ2) is 13.2. The van der Waals surface area contributed by atoms with Crippen molar-refractivity contribution in [2.75, 3.05) is 23.8 Å². The van der Waals surface area contributed by atoms with E-state index in [0.29, 0.717) is 0 Å². The average Bonchev–Trinajstić information content (AvgIpc) is 3.65. The molecule has 1 saturated carbocycles. The Kier molecular flexibility index (Phi) is 9.56. The highest BCUT2D eigenvalue weighted by Gasteiger charge is 2.53. The number of anilines is 2. The molecular weight excluding hydrogens is 692 g/mol. The number of amides is 1. The first-order valence-corrected chi connectivity index (χ1v) is 18.5. The van der Waals surface area contributed by atoms with Crippen molar-refractivity contribution in [3.05, 3.63) is 35.3 Å². The maximum absolute atomic E-state index is 15.9. The van der Waals surface area contributed by atoms with Gasteiger partial charge >= 0.3 is 14.6 Å². The van der Waals surface area contributed by atoms with E-state index in [1.807, 2.05) is 0 Å². The summed E-state index contributed by atoms with van der Waals surface area (Å²) in [6.07, 6.45) is -6.94. The average molecular weight is 723 g/mol. The van der Waals surface area contributed by atoms with Gasteiger partial charge in [-0.2, -0.15) is 4.98 Å². The smallest absolute Gasteiger partial charge is 0.364 e. The molecule has 1 amide bonds. The van der Waals surface area contributed by atoms with Crippen LogP contribution in [-0.4, -0.2) is 90.2 Å². The largest absolute Gasteiger partial charge is 0.472 e. The number of aromatic amines is 1. The number of rotatable bonds is 5. The molecule has 3 aliphatic rings. The minimum Gasteiger partial charge on any atom is -0.364 e.